The molecule has 0 saturated heterocycles. The van der Waals surface area contributed by atoms with Crippen LogP contribution < -0.4 is 21.3 Å². The normalized spacial score (nSPS) is 19.2. The van der Waals surface area contributed by atoms with E-state index in [1.807, 2.05) is 64.1 Å². The van der Waals surface area contributed by atoms with Gasteiger partial charge in [-0.1, -0.05) is 38.1 Å². The zero-order valence-electron chi connectivity index (χ0n) is 19.3. The molecule has 1 fully saturated rings. The number of rotatable bonds is 5. The molecule has 0 aromatic heterocycles. The summed E-state index contributed by atoms with van der Waals surface area (Å²) in [5, 5.41) is 12.0. The van der Waals surface area contributed by atoms with Gasteiger partial charge in [-0.15, -0.1) is 0 Å². The lowest BCUT2D eigenvalue weighted by molar-refractivity contribution is 0.0244. The first-order valence-electron chi connectivity index (χ1n) is 10.8. The van der Waals surface area contributed by atoms with Gasteiger partial charge in [0, 0.05) is 24.0 Å². The molecule has 31 heavy (non-hydrogen) atoms. The summed E-state index contributed by atoms with van der Waals surface area (Å²) in [4.78, 5) is 24.9. The van der Waals surface area contributed by atoms with Crippen LogP contribution in [0.15, 0.2) is 36.4 Å². The van der Waals surface area contributed by atoms with Gasteiger partial charge in [0.25, 0.3) is 0 Å². The number of benzene rings is 2. The fraction of sp³-hybridized carbons (Fsp3) is 0.440. The molecule has 166 valence electrons. The highest BCUT2D eigenvalue weighted by Gasteiger charge is 2.48. The van der Waals surface area contributed by atoms with Gasteiger partial charge in [-0.25, -0.2) is 9.59 Å². The highest BCUT2D eigenvalue weighted by atomic mass is 16.2. The third-order valence-electron chi connectivity index (χ3n) is 6.57. The van der Waals surface area contributed by atoms with Crippen molar-refractivity contribution in [2.75, 3.05) is 17.2 Å². The lowest BCUT2D eigenvalue weighted by Gasteiger charge is -2.52. The van der Waals surface area contributed by atoms with Crippen LogP contribution in [-0.4, -0.2) is 24.6 Å². The van der Waals surface area contributed by atoms with E-state index >= 15 is 0 Å². The summed E-state index contributed by atoms with van der Waals surface area (Å²) in [5.74, 6) is 0.294. The van der Waals surface area contributed by atoms with Crippen LogP contribution in [0.4, 0.5) is 21.0 Å². The van der Waals surface area contributed by atoms with E-state index in [4.69, 9.17) is 0 Å². The first-order valence-corrected chi connectivity index (χ1v) is 10.8. The lowest BCUT2D eigenvalue weighted by Crippen LogP contribution is -2.61. The monoisotopic (exact) mass is 422 g/mol. The molecule has 1 aliphatic carbocycles. The fourth-order valence-corrected chi connectivity index (χ4v) is 4.05. The SMILES string of the molecule is Cc1ccc(C)c(NC(=O)NCC2CC(NC(=O)Nc3cc(C)ccc3C)C2(C)C)c1. The number of nitrogens with one attached hydrogen (secondary N) is 4. The third kappa shape index (κ3) is 5.37. The number of hydrogen-bond donors (Lipinski definition) is 4. The average molecular weight is 423 g/mol. The van der Waals surface area contributed by atoms with Crippen LogP contribution in [-0.2, 0) is 0 Å². The summed E-state index contributed by atoms with van der Waals surface area (Å²) in [6.07, 6.45) is 0.830. The topological polar surface area (TPSA) is 82.3 Å². The predicted octanol–water partition coefficient (Wildman–Crippen LogP) is 5.28. The number of carbonyl (C=O) groups is 2. The Morgan fingerprint density at radius 3 is 1.90 bits per heavy atom. The Morgan fingerprint density at radius 2 is 1.39 bits per heavy atom. The minimum atomic E-state index is -0.200. The standard InChI is InChI=1S/C25H34N4O2/c1-15-7-9-17(3)20(11-15)27-23(30)26-14-19-13-22(25(19,5)6)29-24(31)28-21-12-16(2)8-10-18(21)4/h7-12,19,22H,13-14H2,1-6H3,(H2,26,27,30)(H2,28,29,31). The Labute approximate surface area is 185 Å². The van der Waals surface area contributed by atoms with Crippen LogP contribution in [0.3, 0.4) is 0 Å². The van der Waals surface area contributed by atoms with E-state index in [2.05, 4.69) is 35.1 Å². The highest BCUT2D eigenvalue weighted by molar-refractivity contribution is 5.91. The van der Waals surface area contributed by atoms with Crippen molar-refractivity contribution in [1.29, 1.82) is 0 Å². The van der Waals surface area contributed by atoms with Crippen molar-refractivity contribution in [3.63, 3.8) is 0 Å². The minimum absolute atomic E-state index is 0.0616. The number of anilines is 2. The molecule has 0 radical (unpaired) electrons. The number of carbonyl (C=O) groups excluding carboxylic acids is 2. The molecular weight excluding hydrogens is 388 g/mol. The molecule has 3 rings (SSSR count). The van der Waals surface area contributed by atoms with Crippen LogP contribution in [0.2, 0.25) is 0 Å². The van der Waals surface area contributed by atoms with Crippen molar-refractivity contribution >= 4 is 23.4 Å². The Bertz CT molecular complexity index is 983. The maximum absolute atomic E-state index is 12.5. The molecular formula is C25H34N4O2. The number of hydrogen-bond acceptors (Lipinski definition) is 2. The molecule has 6 heteroatoms. The zero-order valence-corrected chi connectivity index (χ0v) is 19.3. The minimum Gasteiger partial charge on any atom is -0.338 e. The Hall–Kier alpha value is -3.02. The Morgan fingerprint density at radius 1 is 0.871 bits per heavy atom. The molecule has 6 nitrogen and oxygen atoms in total. The van der Waals surface area contributed by atoms with Crippen molar-refractivity contribution in [3.8, 4) is 0 Å². The van der Waals surface area contributed by atoms with Crippen LogP contribution in [0.5, 0.6) is 0 Å². The molecule has 0 heterocycles. The molecule has 2 aromatic carbocycles. The van der Waals surface area contributed by atoms with Gasteiger partial charge in [0.15, 0.2) is 0 Å². The molecule has 0 aliphatic heterocycles. The summed E-state index contributed by atoms with van der Waals surface area (Å²) in [6, 6.07) is 11.7. The van der Waals surface area contributed by atoms with Gasteiger partial charge < -0.3 is 21.3 Å². The van der Waals surface area contributed by atoms with Gasteiger partial charge in [0.05, 0.1) is 0 Å². The van der Waals surface area contributed by atoms with Crippen LogP contribution in [0.25, 0.3) is 0 Å². The molecule has 2 atom stereocenters. The Kier molecular flexibility index (Phi) is 6.58. The van der Waals surface area contributed by atoms with Crippen molar-refractivity contribution in [1.82, 2.24) is 10.6 Å². The zero-order chi connectivity index (χ0) is 22.8. The maximum Gasteiger partial charge on any atom is 0.319 e. The summed E-state index contributed by atoms with van der Waals surface area (Å²) >= 11 is 0. The fourth-order valence-electron chi connectivity index (χ4n) is 4.05. The second-order valence-corrected chi connectivity index (χ2v) is 9.38. The second kappa shape index (κ2) is 9.00. The van der Waals surface area contributed by atoms with Gasteiger partial charge in [0.2, 0.25) is 0 Å². The molecule has 1 aliphatic rings. The highest BCUT2D eigenvalue weighted by Crippen LogP contribution is 2.45. The largest absolute Gasteiger partial charge is 0.338 e. The predicted molar refractivity (Wildman–Crippen MR) is 127 cm³/mol. The molecule has 1 saturated carbocycles. The van der Waals surface area contributed by atoms with E-state index in [0.29, 0.717) is 12.5 Å². The van der Waals surface area contributed by atoms with E-state index in [1.165, 1.54) is 0 Å². The molecule has 0 spiro atoms. The van der Waals surface area contributed by atoms with Gasteiger partial charge >= 0.3 is 12.1 Å². The quantitative estimate of drug-likeness (QED) is 0.529. The van der Waals surface area contributed by atoms with Crippen molar-refractivity contribution in [2.24, 2.45) is 11.3 Å². The average Bonchev–Trinajstić information content (AvgIpc) is 2.69. The summed E-state index contributed by atoms with van der Waals surface area (Å²) < 4.78 is 0. The summed E-state index contributed by atoms with van der Waals surface area (Å²) in [7, 11) is 0. The van der Waals surface area contributed by atoms with Crippen LogP contribution >= 0.6 is 0 Å². The van der Waals surface area contributed by atoms with Crippen molar-refractivity contribution < 1.29 is 9.59 Å². The van der Waals surface area contributed by atoms with E-state index in [-0.39, 0.29) is 23.5 Å². The maximum atomic E-state index is 12.5. The Balaban J connectivity index is 1.48. The molecule has 2 unspecified atom stereocenters. The summed E-state index contributed by atoms with van der Waals surface area (Å²) in [6.45, 7) is 12.8. The molecule has 4 amide bonds. The van der Waals surface area contributed by atoms with E-state index < -0.39 is 0 Å². The lowest BCUT2D eigenvalue weighted by atomic mass is 9.58. The van der Waals surface area contributed by atoms with E-state index in [1.54, 1.807) is 0 Å². The number of amides is 4. The van der Waals surface area contributed by atoms with Gasteiger partial charge in [-0.2, -0.15) is 0 Å². The smallest absolute Gasteiger partial charge is 0.319 e. The van der Waals surface area contributed by atoms with Crippen molar-refractivity contribution in [2.45, 2.75) is 54.0 Å². The van der Waals surface area contributed by atoms with Gasteiger partial charge in [0.1, 0.15) is 0 Å². The molecule has 2 aromatic rings. The molecule has 4 N–H and O–H groups in total. The second-order valence-electron chi connectivity index (χ2n) is 9.38. The van der Waals surface area contributed by atoms with Crippen LogP contribution in [0.1, 0.15) is 42.5 Å². The van der Waals surface area contributed by atoms with E-state index in [9.17, 15) is 9.59 Å². The van der Waals surface area contributed by atoms with Crippen LogP contribution in [0, 0.1) is 39.0 Å². The first kappa shape index (κ1) is 22.7. The van der Waals surface area contributed by atoms with Crippen molar-refractivity contribution in [3.05, 3.63) is 58.7 Å². The number of aryl methyl sites for hydroxylation is 4. The van der Waals surface area contributed by atoms with E-state index in [0.717, 1.165) is 40.0 Å². The third-order valence-corrected chi connectivity index (χ3v) is 6.57. The van der Waals surface area contributed by atoms with Gasteiger partial charge in [-0.3, -0.25) is 0 Å². The summed E-state index contributed by atoms with van der Waals surface area (Å²) in [5.41, 5.74) is 5.83. The number of urea groups is 2. The van der Waals surface area contributed by atoms with Gasteiger partial charge in [-0.05, 0) is 79.8 Å². The first-order chi connectivity index (χ1) is 14.6. The molecule has 0 bridgehead atoms.